The van der Waals surface area contributed by atoms with Gasteiger partial charge >= 0.3 is 11.9 Å². The molecule has 1 aliphatic rings. The Labute approximate surface area is 107 Å². The summed E-state index contributed by atoms with van der Waals surface area (Å²) in [7, 11) is 0. The summed E-state index contributed by atoms with van der Waals surface area (Å²) in [5.41, 5.74) is 0. The van der Waals surface area contributed by atoms with E-state index < -0.39 is 18.0 Å². The van der Waals surface area contributed by atoms with Gasteiger partial charge in [-0.05, 0) is 32.6 Å². The Bertz CT molecular complexity index is 289. The van der Waals surface area contributed by atoms with Crippen LogP contribution in [0.1, 0.15) is 39.5 Å². The van der Waals surface area contributed by atoms with E-state index in [1.807, 2.05) is 0 Å². The molecule has 0 aromatic rings. The van der Waals surface area contributed by atoms with Crippen LogP contribution in [-0.4, -0.2) is 36.4 Å². The Morgan fingerprint density at radius 2 is 1.83 bits per heavy atom. The molecule has 1 aliphatic carbocycles. The van der Waals surface area contributed by atoms with Gasteiger partial charge in [-0.25, -0.2) is 0 Å². The highest BCUT2D eigenvalue weighted by atomic mass is 16.5. The summed E-state index contributed by atoms with van der Waals surface area (Å²) in [5, 5.41) is 9.93. The molecule has 0 radical (unpaired) electrons. The van der Waals surface area contributed by atoms with Crippen LogP contribution in [0, 0.1) is 11.8 Å². The number of esters is 2. The molecule has 3 atom stereocenters. The number of aliphatic hydroxyl groups is 1. The third kappa shape index (κ3) is 3.98. The smallest absolute Gasteiger partial charge is 0.311 e. The molecule has 0 aliphatic heterocycles. The summed E-state index contributed by atoms with van der Waals surface area (Å²) in [5.74, 6) is -1.49. The summed E-state index contributed by atoms with van der Waals surface area (Å²) in [4.78, 5) is 23.3. The third-order valence-electron chi connectivity index (χ3n) is 3.29. The molecule has 104 valence electrons. The first-order valence-corrected chi connectivity index (χ1v) is 6.60. The van der Waals surface area contributed by atoms with Crippen LogP contribution in [0.3, 0.4) is 0 Å². The molecule has 1 rings (SSSR count). The first kappa shape index (κ1) is 15.0. The van der Waals surface area contributed by atoms with E-state index in [0.29, 0.717) is 13.0 Å². The lowest BCUT2D eigenvalue weighted by atomic mass is 9.75. The maximum Gasteiger partial charge on any atom is 0.311 e. The molecule has 5 heteroatoms. The predicted molar refractivity (Wildman–Crippen MR) is 64.7 cm³/mol. The van der Waals surface area contributed by atoms with Crippen LogP contribution in [0.25, 0.3) is 0 Å². The zero-order valence-corrected chi connectivity index (χ0v) is 11.1. The van der Waals surface area contributed by atoms with E-state index in [9.17, 15) is 14.7 Å². The molecule has 1 fully saturated rings. The van der Waals surface area contributed by atoms with Gasteiger partial charge in [0.1, 0.15) is 0 Å². The van der Waals surface area contributed by atoms with E-state index in [4.69, 9.17) is 9.47 Å². The van der Waals surface area contributed by atoms with Crippen molar-refractivity contribution in [3.63, 3.8) is 0 Å². The molecule has 5 nitrogen and oxygen atoms in total. The third-order valence-corrected chi connectivity index (χ3v) is 3.29. The fraction of sp³-hybridized carbons (Fsp3) is 0.846. The van der Waals surface area contributed by atoms with Gasteiger partial charge in [-0.3, -0.25) is 9.59 Å². The lowest BCUT2D eigenvalue weighted by molar-refractivity contribution is -0.159. The highest BCUT2D eigenvalue weighted by Gasteiger charge is 2.39. The summed E-state index contributed by atoms with van der Waals surface area (Å²) < 4.78 is 9.87. The number of aliphatic hydroxyl groups excluding tert-OH is 1. The zero-order chi connectivity index (χ0) is 13.5. The molecule has 1 saturated carbocycles. The fourth-order valence-corrected chi connectivity index (χ4v) is 2.51. The van der Waals surface area contributed by atoms with Crippen molar-refractivity contribution < 1.29 is 24.2 Å². The maximum absolute atomic E-state index is 11.8. The Kier molecular flexibility index (Phi) is 6.12. The number of hydrogen-bond donors (Lipinski definition) is 1. The summed E-state index contributed by atoms with van der Waals surface area (Å²) in [6.07, 6.45) is 1.62. The maximum atomic E-state index is 11.8. The second-order valence-electron chi connectivity index (χ2n) is 4.55. The first-order chi connectivity index (χ1) is 8.60. The number of hydrogen-bond acceptors (Lipinski definition) is 5. The fourth-order valence-electron chi connectivity index (χ4n) is 2.51. The molecular weight excluding hydrogens is 236 g/mol. The molecule has 1 N–H and O–H groups in total. The predicted octanol–water partition coefficient (Wildman–Crippen LogP) is 1.28. The normalized spacial score (nSPS) is 27.6. The molecule has 0 spiro atoms. The zero-order valence-electron chi connectivity index (χ0n) is 11.1. The number of rotatable bonds is 5. The van der Waals surface area contributed by atoms with Gasteiger partial charge in [-0.15, -0.1) is 0 Å². The highest BCUT2D eigenvalue weighted by molar-refractivity contribution is 5.76. The standard InChI is InChI=1S/C13H22O5/c1-3-17-11(15)8-9-6-5-7-10(14)12(9)13(16)18-4-2/h9-10,12,14H,3-8H2,1-2H3/t9-,10-,12+/m1/s1. The van der Waals surface area contributed by atoms with Crippen LogP contribution in [0.2, 0.25) is 0 Å². The Hall–Kier alpha value is -1.10. The lowest BCUT2D eigenvalue weighted by Crippen LogP contribution is -2.40. The van der Waals surface area contributed by atoms with Gasteiger partial charge in [0, 0.05) is 6.42 Å². The number of carbonyl (C=O) groups excluding carboxylic acids is 2. The minimum Gasteiger partial charge on any atom is -0.466 e. The van der Waals surface area contributed by atoms with Gasteiger partial charge in [-0.2, -0.15) is 0 Å². The van der Waals surface area contributed by atoms with E-state index in [0.717, 1.165) is 12.8 Å². The largest absolute Gasteiger partial charge is 0.466 e. The number of carbonyl (C=O) groups is 2. The Balaban J connectivity index is 2.66. The van der Waals surface area contributed by atoms with E-state index in [2.05, 4.69) is 0 Å². The second kappa shape index (κ2) is 7.36. The van der Waals surface area contributed by atoms with Crippen molar-refractivity contribution in [2.45, 2.75) is 45.6 Å². The Morgan fingerprint density at radius 1 is 1.17 bits per heavy atom. The lowest BCUT2D eigenvalue weighted by Gasteiger charge is -2.33. The quantitative estimate of drug-likeness (QED) is 0.752. The van der Waals surface area contributed by atoms with Gasteiger partial charge in [0.15, 0.2) is 0 Å². The highest BCUT2D eigenvalue weighted by Crippen LogP contribution is 2.33. The molecule has 0 aromatic carbocycles. The minimum absolute atomic E-state index is 0.174. The monoisotopic (exact) mass is 258 g/mol. The SMILES string of the molecule is CCOC(=O)C[C@H]1CCC[C@@H](O)[C@H]1C(=O)OCC. The summed E-state index contributed by atoms with van der Waals surface area (Å²) in [6, 6.07) is 0. The minimum atomic E-state index is -0.711. The average Bonchev–Trinajstić information content (AvgIpc) is 2.29. The van der Waals surface area contributed by atoms with Crippen molar-refractivity contribution in [2.24, 2.45) is 11.8 Å². The molecule has 0 heterocycles. The van der Waals surface area contributed by atoms with E-state index in [1.54, 1.807) is 13.8 Å². The van der Waals surface area contributed by atoms with Gasteiger partial charge in [0.05, 0.1) is 25.2 Å². The molecule has 0 aromatic heterocycles. The molecule has 0 saturated heterocycles. The van der Waals surface area contributed by atoms with Gasteiger partial charge in [-0.1, -0.05) is 6.42 Å². The van der Waals surface area contributed by atoms with Crippen molar-refractivity contribution in [3.05, 3.63) is 0 Å². The van der Waals surface area contributed by atoms with Crippen molar-refractivity contribution >= 4 is 11.9 Å². The molecule has 0 bridgehead atoms. The molecule has 18 heavy (non-hydrogen) atoms. The summed E-state index contributed by atoms with van der Waals surface area (Å²) >= 11 is 0. The van der Waals surface area contributed by atoms with Crippen molar-refractivity contribution in [1.29, 1.82) is 0 Å². The van der Waals surface area contributed by atoms with Crippen molar-refractivity contribution in [1.82, 2.24) is 0 Å². The molecule has 0 amide bonds. The Morgan fingerprint density at radius 3 is 2.44 bits per heavy atom. The van der Waals surface area contributed by atoms with Crippen molar-refractivity contribution in [2.75, 3.05) is 13.2 Å². The topological polar surface area (TPSA) is 72.8 Å². The van der Waals surface area contributed by atoms with Gasteiger partial charge in [0.25, 0.3) is 0 Å². The van der Waals surface area contributed by atoms with Crippen LogP contribution in [0.4, 0.5) is 0 Å². The van der Waals surface area contributed by atoms with E-state index in [-0.39, 0.29) is 24.9 Å². The first-order valence-electron chi connectivity index (χ1n) is 6.60. The van der Waals surface area contributed by atoms with Crippen LogP contribution in [-0.2, 0) is 19.1 Å². The van der Waals surface area contributed by atoms with Crippen LogP contribution in [0.15, 0.2) is 0 Å². The van der Waals surface area contributed by atoms with Crippen molar-refractivity contribution in [3.8, 4) is 0 Å². The molecular formula is C13H22O5. The van der Waals surface area contributed by atoms with E-state index in [1.165, 1.54) is 0 Å². The van der Waals surface area contributed by atoms with Crippen LogP contribution < -0.4 is 0 Å². The molecule has 0 unspecified atom stereocenters. The average molecular weight is 258 g/mol. The van der Waals surface area contributed by atoms with Crippen LogP contribution in [0.5, 0.6) is 0 Å². The van der Waals surface area contributed by atoms with Gasteiger partial charge < -0.3 is 14.6 Å². The van der Waals surface area contributed by atoms with E-state index >= 15 is 0 Å². The van der Waals surface area contributed by atoms with Gasteiger partial charge in [0.2, 0.25) is 0 Å². The van der Waals surface area contributed by atoms with Crippen LogP contribution >= 0.6 is 0 Å². The number of ether oxygens (including phenoxy) is 2. The second-order valence-corrected chi connectivity index (χ2v) is 4.55. The summed E-state index contributed by atoms with van der Waals surface area (Å²) in [6.45, 7) is 4.09.